The minimum absolute atomic E-state index is 0. The van der Waals surface area contributed by atoms with E-state index in [2.05, 4.69) is 64.6 Å². The van der Waals surface area contributed by atoms with Gasteiger partial charge in [0.15, 0.2) is 0 Å². The van der Waals surface area contributed by atoms with E-state index in [1.165, 1.54) is 10.8 Å². The molecule has 6 nitrogen and oxygen atoms in total. The number of nitrogens with zero attached hydrogens (tertiary/aromatic N) is 3. The first-order valence-electron chi connectivity index (χ1n) is 11.4. The Bertz CT molecular complexity index is 1090. The molecule has 1 aliphatic heterocycles. The summed E-state index contributed by atoms with van der Waals surface area (Å²) in [6, 6.07) is 16.8. The molecule has 1 aromatic heterocycles. The Balaban J connectivity index is 0.00000306. The van der Waals surface area contributed by atoms with Gasteiger partial charge < -0.3 is 15.0 Å². The summed E-state index contributed by atoms with van der Waals surface area (Å²) in [5, 5.41) is 5.42. The first-order chi connectivity index (χ1) is 15.3. The highest BCUT2D eigenvalue weighted by molar-refractivity contribution is 5.86. The third-order valence-electron chi connectivity index (χ3n) is 5.96. The van der Waals surface area contributed by atoms with E-state index in [-0.39, 0.29) is 13.6 Å². The number of benzene rings is 2. The highest BCUT2D eigenvalue weighted by atomic mass is 16.6. The van der Waals surface area contributed by atoms with Crippen molar-refractivity contribution in [1.82, 2.24) is 15.3 Å². The maximum atomic E-state index is 12.1. The van der Waals surface area contributed by atoms with Gasteiger partial charge in [0.2, 0.25) is 5.95 Å². The number of anilines is 1. The highest BCUT2D eigenvalue weighted by Crippen LogP contribution is 2.27. The van der Waals surface area contributed by atoms with Crippen LogP contribution in [-0.4, -0.2) is 40.8 Å². The van der Waals surface area contributed by atoms with Gasteiger partial charge in [0.25, 0.3) is 0 Å². The number of amides is 1. The maximum absolute atomic E-state index is 12.1. The zero-order chi connectivity index (χ0) is 22.7. The molecule has 4 rings (SSSR count). The van der Waals surface area contributed by atoms with Gasteiger partial charge in [0, 0.05) is 32.3 Å². The average Bonchev–Trinajstić information content (AvgIpc) is 2.77. The second-order valence-electron chi connectivity index (χ2n) is 9.56. The van der Waals surface area contributed by atoms with Crippen LogP contribution in [0.2, 0.25) is 0 Å². The third kappa shape index (κ3) is 5.36. The van der Waals surface area contributed by atoms with Gasteiger partial charge in [-0.1, -0.05) is 36.4 Å². The van der Waals surface area contributed by atoms with Gasteiger partial charge in [-0.25, -0.2) is 14.8 Å². The van der Waals surface area contributed by atoms with Crippen molar-refractivity contribution in [3.63, 3.8) is 0 Å². The van der Waals surface area contributed by atoms with Crippen molar-refractivity contribution >= 4 is 22.8 Å². The minimum atomic E-state index is -0.486. The van der Waals surface area contributed by atoms with Crippen LogP contribution in [0.5, 0.6) is 0 Å². The molecule has 6 heteroatoms. The van der Waals surface area contributed by atoms with Crippen LogP contribution < -0.4 is 10.2 Å². The van der Waals surface area contributed by atoms with Crippen LogP contribution in [-0.2, 0) is 4.74 Å². The maximum Gasteiger partial charge on any atom is 0.407 e. The Labute approximate surface area is 191 Å². The van der Waals surface area contributed by atoms with E-state index in [0.29, 0.717) is 5.92 Å². The molecule has 0 bridgehead atoms. The van der Waals surface area contributed by atoms with Crippen LogP contribution in [0.15, 0.2) is 54.7 Å². The molecular weight excluding hydrogens is 400 g/mol. The molecule has 0 spiro atoms. The van der Waals surface area contributed by atoms with E-state index >= 15 is 0 Å². The molecule has 1 amide bonds. The Morgan fingerprint density at radius 1 is 1.12 bits per heavy atom. The zero-order valence-electron chi connectivity index (χ0n) is 19.3. The lowest BCUT2D eigenvalue weighted by atomic mass is 9.90. The largest absolute Gasteiger partial charge is 0.444 e. The number of nitrogens with one attached hydrogen (secondary N) is 1. The Morgan fingerprint density at radius 2 is 1.84 bits per heavy atom. The normalized spacial score (nSPS) is 16.1. The van der Waals surface area contributed by atoms with Gasteiger partial charge in [-0.05, 0) is 69.4 Å². The van der Waals surface area contributed by atoms with E-state index < -0.39 is 5.60 Å². The Morgan fingerprint density at radius 3 is 2.56 bits per heavy atom. The van der Waals surface area contributed by atoms with Crippen LogP contribution >= 0.6 is 0 Å². The number of carbonyl (C=O) groups excluding carboxylic acids is 1. The van der Waals surface area contributed by atoms with Crippen molar-refractivity contribution in [2.45, 2.75) is 52.2 Å². The summed E-state index contributed by atoms with van der Waals surface area (Å²) < 4.78 is 5.39. The number of ether oxygens (including phenoxy) is 1. The fourth-order valence-electron chi connectivity index (χ4n) is 4.22. The second kappa shape index (κ2) is 9.15. The van der Waals surface area contributed by atoms with E-state index in [1.54, 1.807) is 0 Å². The monoisotopic (exact) mass is 434 g/mol. The summed E-state index contributed by atoms with van der Waals surface area (Å²) in [6.45, 7) is 9.42. The van der Waals surface area contributed by atoms with Gasteiger partial charge in [-0.15, -0.1) is 0 Å². The van der Waals surface area contributed by atoms with Gasteiger partial charge in [-0.3, -0.25) is 0 Å². The summed E-state index contributed by atoms with van der Waals surface area (Å²) in [5.41, 5.74) is 1.54. The van der Waals surface area contributed by atoms with Crippen molar-refractivity contribution in [1.29, 1.82) is 0 Å². The molecule has 170 valence electrons. The molecule has 1 saturated heterocycles. The van der Waals surface area contributed by atoms with Crippen molar-refractivity contribution in [3.8, 4) is 11.3 Å². The molecule has 1 fully saturated rings. The molecule has 0 radical (unpaired) electrons. The lowest BCUT2D eigenvalue weighted by molar-refractivity contribution is 0.0487. The Kier molecular flexibility index (Phi) is 6.31. The van der Waals surface area contributed by atoms with Crippen molar-refractivity contribution in [2.75, 3.05) is 18.0 Å². The second-order valence-corrected chi connectivity index (χ2v) is 9.56. The third-order valence-corrected chi connectivity index (χ3v) is 5.96. The molecule has 1 unspecified atom stereocenters. The number of alkyl carbamates (subject to hydrolysis) is 1. The number of fused-ring (bicyclic) bond motifs is 1. The molecule has 3 aromatic rings. The predicted octanol–water partition coefficient (Wildman–Crippen LogP) is 5.67. The fourth-order valence-corrected chi connectivity index (χ4v) is 4.22. The van der Waals surface area contributed by atoms with Crippen LogP contribution in [0, 0.1) is 5.92 Å². The molecule has 0 saturated carbocycles. The number of hydrogen-bond acceptors (Lipinski definition) is 5. The number of aromatic nitrogens is 2. The molecular formula is C26H34N4O2. The zero-order valence-corrected chi connectivity index (χ0v) is 19.3. The molecule has 1 N–H and O–H groups in total. The number of hydrogen-bond donors (Lipinski definition) is 1. The lowest BCUT2D eigenvalue weighted by Crippen LogP contribution is -2.45. The van der Waals surface area contributed by atoms with Crippen LogP contribution in [0.3, 0.4) is 0 Å². The van der Waals surface area contributed by atoms with Crippen LogP contribution in [0.1, 0.15) is 42.0 Å². The SMILES string of the molecule is CC(NC(=O)OC(C)(C)C)C1CCN(c2nccc(-c3ccc4ccccc4c3)n2)CC1.[HH]. The molecule has 1 aliphatic rings. The van der Waals surface area contributed by atoms with E-state index in [9.17, 15) is 4.79 Å². The van der Waals surface area contributed by atoms with E-state index in [0.717, 1.165) is 43.1 Å². The van der Waals surface area contributed by atoms with Crippen molar-refractivity contribution in [2.24, 2.45) is 5.92 Å². The smallest absolute Gasteiger partial charge is 0.407 e. The first-order valence-corrected chi connectivity index (χ1v) is 11.4. The van der Waals surface area contributed by atoms with E-state index in [1.807, 2.05) is 33.0 Å². The molecule has 0 aliphatic carbocycles. The first kappa shape index (κ1) is 22.1. The summed E-state index contributed by atoms with van der Waals surface area (Å²) in [6.07, 6.45) is 3.44. The molecule has 2 aromatic carbocycles. The molecule has 1 atom stereocenters. The van der Waals surface area contributed by atoms with Crippen LogP contribution in [0.4, 0.5) is 10.7 Å². The summed E-state index contributed by atoms with van der Waals surface area (Å²) in [7, 11) is 0. The van der Waals surface area contributed by atoms with Crippen LogP contribution in [0.25, 0.3) is 22.0 Å². The summed E-state index contributed by atoms with van der Waals surface area (Å²) >= 11 is 0. The standard InChI is InChI=1S/C26H32N4O2.H2/c1-18(28-25(31)32-26(2,3)4)19-12-15-30(16-13-19)24-27-14-11-23(29-24)22-10-9-20-7-5-6-8-21(20)17-22;/h5-11,14,17-19H,12-13,15-16H2,1-4H3,(H,28,31);1H. The van der Waals surface area contributed by atoms with Gasteiger partial charge in [0.05, 0.1) is 5.69 Å². The number of rotatable bonds is 4. The van der Waals surface area contributed by atoms with Crippen molar-refractivity contribution in [3.05, 3.63) is 54.7 Å². The lowest BCUT2D eigenvalue weighted by Gasteiger charge is -2.35. The van der Waals surface area contributed by atoms with Gasteiger partial charge in [-0.2, -0.15) is 0 Å². The minimum Gasteiger partial charge on any atom is -0.444 e. The number of piperidine rings is 1. The van der Waals surface area contributed by atoms with Gasteiger partial charge in [0.1, 0.15) is 5.60 Å². The quantitative estimate of drug-likeness (QED) is 0.573. The van der Waals surface area contributed by atoms with Gasteiger partial charge >= 0.3 is 6.09 Å². The topological polar surface area (TPSA) is 67.3 Å². The number of carbonyl (C=O) groups is 1. The fraction of sp³-hybridized carbons (Fsp3) is 0.423. The predicted molar refractivity (Wildman–Crippen MR) is 131 cm³/mol. The van der Waals surface area contributed by atoms with E-state index in [4.69, 9.17) is 9.72 Å². The summed E-state index contributed by atoms with van der Waals surface area (Å²) in [5.74, 6) is 1.17. The molecule has 2 heterocycles. The summed E-state index contributed by atoms with van der Waals surface area (Å²) in [4.78, 5) is 23.7. The van der Waals surface area contributed by atoms with Crippen molar-refractivity contribution < 1.29 is 11.0 Å². The molecule has 32 heavy (non-hydrogen) atoms. The average molecular weight is 435 g/mol. The highest BCUT2D eigenvalue weighted by Gasteiger charge is 2.27. The Hall–Kier alpha value is -3.15.